The molecule has 0 fully saturated rings. The molecule has 0 aliphatic carbocycles. The van der Waals surface area contributed by atoms with Gasteiger partial charge in [0.25, 0.3) is 10.0 Å². The van der Waals surface area contributed by atoms with Gasteiger partial charge in [-0.1, -0.05) is 0 Å². The number of nitrogens with zero attached hydrogens (tertiary/aromatic N) is 1. The summed E-state index contributed by atoms with van der Waals surface area (Å²) in [6.07, 6.45) is 2.20. The van der Waals surface area contributed by atoms with E-state index >= 15 is 0 Å². The lowest BCUT2D eigenvalue weighted by molar-refractivity contribution is 0.188. The van der Waals surface area contributed by atoms with Gasteiger partial charge < -0.3 is 10.1 Å². The van der Waals surface area contributed by atoms with E-state index in [2.05, 4.69) is 5.32 Å². The number of methoxy groups -OCH3 is 1. The molecular formula is C13H21N3O5S3. The maximum Gasteiger partial charge on any atom is 0.253 e. The SMILES string of the molecule is CCNC1=Cc2cc(S(N)(=O)=O)sc2S(=O)(=O)N(CCCOC)C1. The highest BCUT2D eigenvalue weighted by molar-refractivity contribution is 7.94. The average Bonchev–Trinajstić information content (AvgIpc) is 2.87. The van der Waals surface area contributed by atoms with Crippen LogP contribution < -0.4 is 10.5 Å². The van der Waals surface area contributed by atoms with Crippen LogP contribution in [0.2, 0.25) is 0 Å². The number of hydrogen-bond acceptors (Lipinski definition) is 7. The van der Waals surface area contributed by atoms with Crippen LogP contribution in [0.5, 0.6) is 0 Å². The quantitative estimate of drug-likeness (QED) is 0.645. The van der Waals surface area contributed by atoms with E-state index in [-0.39, 0.29) is 21.5 Å². The van der Waals surface area contributed by atoms with Gasteiger partial charge in [-0.25, -0.2) is 22.0 Å². The van der Waals surface area contributed by atoms with Crippen LogP contribution in [-0.4, -0.2) is 54.5 Å². The van der Waals surface area contributed by atoms with Crippen LogP contribution in [0.15, 0.2) is 20.2 Å². The summed E-state index contributed by atoms with van der Waals surface area (Å²) < 4.78 is 55.1. The first-order valence-corrected chi connectivity index (χ1v) is 11.1. The van der Waals surface area contributed by atoms with Gasteiger partial charge in [0.05, 0.1) is 6.54 Å². The molecule has 0 amide bonds. The summed E-state index contributed by atoms with van der Waals surface area (Å²) in [4.78, 5) is 0. The second kappa shape index (κ2) is 7.50. The topological polar surface area (TPSA) is 119 Å². The van der Waals surface area contributed by atoms with E-state index in [9.17, 15) is 16.8 Å². The highest BCUT2D eigenvalue weighted by Gasteiger charge is 2.33. The first-order valence-electron chi connectivity index (χ1n) is 7.30. The summed E-state index contributed by atoms with van der Waals surface area (Å²) in [5.41, 5.74) is 1.05. The van der Waals surface area contributed by atoms with Gasteiger partial charge in [0.15, 0.2) is 0 Å². The van der Waals surface area contributed by atoms with E-state index in [1.807, 2.05) is 6.92 Å². The van der Waals surface area contributed by atoms with Crippen LogP contribution in [0.3, 0.4) is 0 Å². The maximum atomic E-state index is 12.9. The highest BCUT2D eigenvalue weighted by Crippen LogP contribution is 2.35. The average molecular weight is 396 g/mol. The van der Waals surface area contributed by atoms with Gasteiger partial charge in [-0.15, -0.1) is 11.3 Å². The van der Waals surface area contributed by atoms with Gasteiger partial charge in [-0.3, -0.25) is 0 Å². The molecule has 0 saturated carbocycles. The van der Waals surface area contributed by atoms with Crippen molar-refractivity contribution in [3.63, 3.8) is 0 Å². The lowest BCUT2D eigenvalue weighted by atomic mass is 10.2. The van der Waals surface area contributed by atoms with E-state index in [0.717, 1.165) is 0 Å². The van der Waals surface area contributed by atoms with E-state index in [1.165, 1.54) is 10.4 Å². The molecule has 11 heteroatoms. The number of likely N-dealkylation sites (N-methyl/N-ethyl adjacent to an activating group) is 1. The van der Waals surface area contributed by atoms with Gasteiger partial charge in [0, 0.05) is 38.1 Å². The summed E-state index contributed by atoms with van der Waals surface area (Å²) in [5, 5.41) is 8.26. The van der Waals surface area contributed by atoms with Crippen molar-refractivity contribution in [2.75, 3.05) is 33.4 Å². The van der Waals surface area contributed by atoms with Gasteiger partial charge in [0.1, 0.15) is 8.42 Å². The molecule has 8 nitrogen and oxygen atoms in total. The number of sulfonamides is 2. The zero-order valence-electron chi connectivity index (χ0n) is 13.5. The molecule has 3 N–H and O–H groups in total. The lowest BCUT2D eigenvalue weighted by Crippen LogP contribution is -2.35. The predicted molar refractivity (Wildman–Crippen MR) is 92.6 cm³/mol. The molecule has 0 aromatic carbocycles. The van der Waals surface area contributed by atoms with E-state index in [1.54, 1.807) is 13.2 Å². The smallest absolute Gasteiger partial charge is 0.253 e. The molecule has 1 aromatic heterocycles. The van der Waals surface area contributed by atoms with Crippen molar-refractivity contribution in [1.29, 1.82) is 0 Å². The first kappa shape index (κ1) is 19.3. The predicted octanol–water partition coefficient (Wildman–Crippen LogP) is 0.387. The molecule has 1 aromatic rings. The van der Waals surface area contributed by atoms with Crippen molar-refractivity contribution >= 4 is 37.5 Å². The van der Waals surface area contributed by atoms with Crippen LogP contribution in [0.25, 0.3) is 6.08 Å². The normalized spacial score (nSPS) is 17.9. The molecule has 0 saturated heterocycles. The second-order valence-corrected chi connectivity index (χ2v) is 10.2. The number of thiophene rings is 1. The Morgan fingerprint density at radius 1 is 1.46 bits per heavy atom. The van der Waals surface area contributed by atoms with Crippen molar-refractivity contribution in [2.45, 2.75) is 21.8 Å². The Balaban J connectivity index is 2.51. The molecular weight excluding hydrogens is 374 g/mol. The van der Waals surface area contributed by atoms with Gasteiger partial charge in [0.2, 0.25) is 10.0 Å². The Kier molecular flexibility index (Phi) is 6.04. The molecule has 1 aliphatic rings. The van der Waals surface area contributed by atoms with E-state index in [4.69, 9.17) is 9.88 Å². The monoisotopic (exact) mass is 395 g/mol. The Hall–Kier alpha value is -0.980. The van der Waals surface area contributed by atoms with Crippen molar-refractivity contribution in [2.24, 2.45) is 5.14 Å². The summed E-state index contributed by atoms with van der Waals surface area (Å²) in [7, 11) is -6.22. The summed E-state index contributed by atoms with van der Waals surface area (Å²) >= 11 is 0.679. The van der Waals surface area contributed by atoms with Crippen LogP contribution in [0, 0.1) is 0 Å². The fourth-order valence-electron chi connectivity index (χ4n) is 2.35. The molecule has 136 valence electrons. The van der Waals surface area contributed by atoms with Crippen molar-refractivity contribution in [1.82, 2.24) is 9.62 Å². The first-order chi connectivity index (χ1) is 11.2. The van der Waals surface area contributed by atoms with E-state index < -0.39 is 20.0 Å². The molecule has 1 aliphatic heterocycles. The van der Waals surface area contributed by atoms with Crippen LogP contribution in [0.4, 0.5) is 0 Å². The lowest BCUT2D eigenvalue weighted by Gasteiger charge is -2.21. The number of nitrogens with one attached hydrogen (secondary N) is 1. The molecule has 24 heavy (non-hydrogen) atoms. The molecule has 0 radical (unpaired) electrons. The Labute approximate surface area is 146 Å². The van der Waals surface area contributed by atoms with Gasteiger partial charge in [-0.2, -0.15) is 4.31 Å². The number of ether oxygens (including phenoxy) is 1. The number of fused-ring (bicyclic) bond motifs is 1. The minimum atomic E-state index is -3.96. The third-order valence-corrected chi connectivity index (χ3v) is 8.34. The second-order valence-electron chi connectivity index (χ2n) is 5.24. The number of rotatable bonds is 7. The van der Waals surface area contributed by atoms with Crippen LogP contribution >= 0.6 is 11.3 Å². The van der Waals surface area contributed by atoms with Gasteiger partial charge >= 0.3 is 0 Å². The minimum Gasteiger partial charge on any atom is -0.388 e. The summed E-state index contributed by atoms with van der Waals surface area (Å²) in [6, 6.07) is 1.31. The summed E-state index contributed by atoms with van der Waals surface area (Å²) in [6.45, 7) is 3.44. The number of hydrogen-bond donors (Lipinski definition) is 2. The standard InChI is InChI=1S/C13H21N3O5S3/c1-3-15-11-7-10-8-12(23(14,17)18)22-13(10)24(19,20)16(9-11)5-4-6-21-2/h7-8,15H,3-6,9H2,1-2H3,(H2,14,17,18). The van der Waals surface area contributed by atoms with Crippen molar-refractivity contribution < 1.29 is 21.6 Å². The molecule has 0 bridgehead atoms. The molecule has 0 atom stereocenters. The zero-order chi connectivity index (χ0) is 18.0. The van der Waals surface area contributed by atoms with Crippen LogP contribution in [-0.2, 0) is 24.8 Å². The largest absolute Gasteiger partial charge is 0.388 e. The Morgan fingerprint density at radius 3 is 2.75 bits per heavy atom. The Bertz CT molecular complexity index is 827. The van der Waals surface area contributed by atoms with Crippen molar-refractivity contribution in [3.05, 3.63) is 17.3 Å². The van der Waals surface area contributed by atoms with Crippen molar-refractivity contribution in [3.8, 4) is 0 Å². The van der Waals surface area contributed by atoms with Crippen LogP contribution in [0.1, 0.15) is 18.9 Å². The molecule has 0 spiro atoms. The summed E-state index contributed by atoms with van der Waals surface area (Å²) in [5.74, 6) is 0. The number of primary sulfonamides is 1. The number of nitrogens with two attached hydrogens (primary N) is 1. The zero-order valence-corrected chi connectivity index (χ0v) is 15.9. The third-order valence-electron chi connectivity index (χ3n) is 3.39. The minimum absolute atomic E-state index is 0.00292. The molecule has 0 unspecified atom stereocenters. The van der Waals surface area contributed by atoms with Gasteiger partial charge in [-0.05, 0) is 25.5 Å². The third kappa shape index (κ3) is 4.16. The maximum absolute atomic E-state index is 12.9. The molecule has 2 rings (SSSR count). The molecule has 2 heterocycles. The highest BCUT2D eigenvalue weighted by atomic mass is 32.3. The Morgan fingerprint density at radius 2 is 2.17 bits per heavy atom. The fraction of sp³-hybridized carbons (Fsp3) is 0.538. The fourth-order valence-corrected chi connectivity index (χ4v) is 6.46. The van der Waals surface area contributed by atoms with E-state index in [0.29, 0.717) is 42.2 Å².